The molecule has 1 heterocycles. The fourth-order valence-corrected chi connectivity index (χ4v) is 4.12. The van der Waals surface area contributed by atoms with Crippen molar-refractivity contribution in [2.75, 3.05) is 6.54 Å². The third-order valence-corrected chi connectivity index (χ3v) is 5.74. The predicted octanol–water partition coefficient (Wildman–Crippen LogP) is 2.48. The van der Waals surface area contributed by atoms with Crippen molar-refractivity contribution < 1.29 is 14.4 Å². The Bertz CT molecular complexity index is 913. The molecule has 1 aliphatic heterocycles. The molecule has 28 heavy (non-hydrogen) atoms. The van der Waals surface area contributed by atoms with Crippen LogP contribution in [0.15, 0.2) is 48.5 Å². The smallest absolute Gasteiger partial charge is 0.261 e. The van der Waals surface area contributed by atoms with E-state index in [1.807, 2.05) is 6.07 Å². The molecule has 2 aromatic carbocycles. The van der Waals surface area contributed by atoms with Crippen LogP contribution in [0.1, 0.15) is 62.3 Å². The van der Waals surface area contributed by atoms with Gasteiger partial charge in [0, 0.05) is 12.1 Å². The lowest BCUT2D eigenvalue weighted by molar-refractivity contribution is 0.0642. The van der Waals surface area contributed by atoms with Crippen LogP contribution in [-0.4, -0.2) is 34.7 Å². The van der Waals surface area contributed by atoms with E-state index in [0.717, 1.165) is 31.2 Å². The van der Waals surface area contributed by atoms with Gasteiger partial charge in [0.2, 0.25) is 0 Å². The van der Waals surface area contributed by atoms with E-state index in [1.54, 1.807) is 42.5 Å². The normalized spacial score (nSPS) is 17.7. The molecule has 3 amide bonds. The number of nitrogens with two attached hydrogens (primary N) is 1. The number of hydrogen-bond acceptors (Lipinski definition) is 4. The maximum absolute atomic E-state index is 12.7. The average Bonchev–Trinajstić information content (AvgIpc) is 3.28. The third kappa shape index (κ3) is 3.20. The standard InChI is InChI=1S/C22H23N3O3/c23-14-22(10-3-4-11-22)24-19(26)16-7-5-6-15(12-16)13-25-20(27)17-8-1-2-9-18(17)21(25)28/h1-2,5-9,12H,3-4,10-11,13-14,23H2,(H,24,26). The summed E-state index contributed by atoms with van der Waals surface area (Å²) in [5, 5.41) is 3.10. The fourth-order valence-electron chi connectivity index (χ4n) is 4.12. The van der Waals surface area contributed by atoms with Crippen LogP contribution in [0.5, 0.6) is 0 Å². The number of carbonyl (C=O) groups is 3. The maximum Gasteiger partial charge on any atom is 0.261 e. The van der Waals surface area contributed by atoms with Crippen molar-refractivity contribution in [2.45, 2.75) is 37.8 Å². The number of benzene rings is 2. The molecule has 1 saturated carbocycles. The number of nitrogens with zero attached hydrogens (tertiary/aromatic N) is 1. The van der Waals surface area contributed by atoms with Crippen LogP contribution in [0.25, 0.3) is 0 Å². The number of carbonyl (C=O) groups excluding carboxylic acids is 3. The molecule has 2 aliphatic rings. The van der Waals surface area contributed by atoms with E-state index in [1.165, 1.54) is 4.90 Å². The van der Waals surface area contributed by atoms with Gasteiger partial charge in [0.05, 0.1) is 23.2 Å². The molecule has 0 aromatic heterocycles. The molecule has 0 atom stereocenters. The lowest BCUT2D eigenvalue weighted by atomic mass is 9.97. The van der Waals surface area contributed by atoms with Crippen molar-refractivity contribution in [3.63, 3.8) is 0 Å². The van der Waals surface area contributed by atoms with Gasteiger partial charge in [-0.15, -0.1) is 0 Å². The SMILES string of the molecule is NCC1(NC(=O)c2cccc(CN3C(=O)c4ccccc4C3=O)c2)CCCC1. The quantitative estimate of drug-likeness (QED) is 0.783. The monoisotopic (exact) mass is 377 g/mol. The van der Waals surface area contributed by atoms with E-state index in [0.29, 0.717) is 23.2 Å². The first kappa shape index (κ1) is 18.4. The van der Waals surface area contributed by atoms with Crippen molar-refractivity contribution >= 4 is 17.7 Å². The van der Waals surface area contributed by atoms with Gasteiger partial charge in [-0.3, -0.25) is 19.3 Å². The Labute approximate surface area is 163 Å². The average molecular weight is 377 g/mol. The molecule has 4 rings (SSSR count). The van der Waals surface area contributed by atoms with Crippen LogP contribution < -0.4 is 11.1 Å². The molecule has 0 unspecified atom stereocenters. The molecule has 0 saturated heterocycles. The first-order valence-electron chi connectivity index (χ1n) is 9.60. The molecule has 0 spiro atoms. The Kier molecular flexibility index (Phi) is 4.73. The predicted molar refractivity (Wildman–Crippen MR) is 105 cm³/mol. The Morgan fingerprint density at radius 3 is 2.25 bits per heavy atom. The van der Waals surface area contributed by atoms with Crippen molar-refractivity contribution in [3.8, 4) is 0 Å². The highest BCUT2D eigenvalue weighted by atomic mass is 16.2. The number of hydrogen-bond donors (Lipinski definition) is 2. The van der Waals surface area contributed by atoms with Gasteiger partial charge in [0.15, 0.2) is 0 Å². The van der Waals surface area contributed by atoms with Gasteiger partial charge < -0.3 is 11.1 Å². The Morgan fingerprint density at radius 1 is 1.00 bits per heavy atom. The highest BCUT2D eigenvalue weighted by Gasteiger charge is 2.36. The lowest BCUT2D eigenvalue weighted by Gasteiger charge is -2.28. The van der Waals surface area contributed by atoms with E-state index in [2.05, 4.69) is 5.32 Å². The van der Waals surface area contributed by atoms with E-state index in [-0.39, 0.29) is 29.8 Å². The second kappa shape index (κ2) is 7.20. The molecule has 0 bridgehead atoms. The molecule has 0 radical (unpaired) electrons. The van der Waals surface area contributed by atoms with Gasteiger partial charge in [-0.2, -0.15) is 0 Å². The van der Waals surface area contributed by atoms with Crippen LogP contribution in [0, 0.1) is 0 Å². The number of rotatable bonds is 5. The second-order valence-electron chi connectivity index (χ2n) is 7.59. The summed E-state index contributed by atoms with van der Waals surface area (Å²) in [6, 6.07) is 13.9. The van der Waals surface area contributed by atoms with Crippen LogP contribution in [0.2, 0.25) is 0 Å². The Morgan fingerprint density at radius 2 is 1.64 bits per heavy atom. The van der Waals surface area contributed by atoms with Gasteiger partial charge in [0.1, 0.15) is 0 Å². The summed E-state index contributed by atoms with van der Waals surface area (Å²) in [6.45, 7) is 0.559. The van der Waals surface area contributed by atoms with Gasteiger partial charge in [0.25, 0.3) is 17.7 Å². The molecule has 2 aromatic rings. The summed E-state index contributed by atoms with van der Waals surface area (Å²) in [5.74, 6) is -0.774. The topological polar surface area (TPSA) is 92.5 Å². The summed E-state index contributed by atoms with van der Waals surface area (Å²) in [6.07, 6.45) is 3.92. The van der Waals surface area contributed by atoms with Gasteiger partial charge in [-0.1, -0.05) is 37.1 Å². The summed E-state index contributed by atoms with van der Waals surface area (Å²) >= 11 is 0. The van der Waals surface area contributed by atoms with E-state index in [4.69, 9.17) is 5.73 Å². The third-order valence-electron chi connectivity index (χ3n) is 5.74. The van der Waals surface area contributed by atoms with Crippen molar-refractivity contribution in [1.29, 1.82) is 0 Å². The van der Waals surface area contributed by atoms with E-state index in [9.17, 15) is 14.4 Å². The summed E-state index contributed by atoms with van der Waals surface area (Å²) in [4.78, 5) is 39.1. The highest BCUT2D eigenvalue weighted by Crippen LogP contribution is 2.29. The van der Waals surface area contributed by atoms with Gasteiger partial charge >= 0.3 is 0 Å². The summed E-state index contributed by atoms with van der Waals surface area (Å²) in [5.41, 5.74) is 7.67. The van der Waals surface area contributed by atoms with Crippen LogP contribution in [0.3, 0.4) is 0 Å². The first-order valence-corrected chi connectivity index (χ1v) is 9.60. The molecule has 3 N–H and O–H groups in total. The maximum atomic E-state index is 12.7. The first-order chi connectivity index (χ1) is 13.5. The van der Waals surface area contributed by atoms with Crippen LogP contribution in [0.4, 0.5) is 0 Å². The molecule has 144 valence electrons. The summed E-state index contributed by atoms with van der Waals surface area (Å²) in [7, 11) is 0. The van der Waals surface area contributed by atoms with Crippen molar-refractivity contribution in [1.82, 2.24) is 10.2 Å². The van der Waals surface area contributed by atoms with Crippen molar-refractivity contribution in [3.05, 3.63) is 70.8 Å². The molecular formula is C22H23N3O3. The number of imide groups is 1. The second-order valence-corrected chi connectivity index (χ2v) is 7.59. The zero-order valence-corrected chi connectivity index (χ0v) is 15.6. The number of nitrogens with one attached hydrogen (secondary N) is 1. The largest absolute Gasteiger partial charge is 0.345 e. The van der Waals surface area contributed by atoms with E-state index < -0.39 is 0 Å². The molecule has 6 heteroatoms. The zero-order chi connectivity index (χ0) is 19.7. The zero-order valence-electron chi connectivity index (χ0n) is 15.6. The molecular weight excluding hydrogens is 354 g/mol. The summed E-state index contributed by atoms with van der Waals surface area (Å²) < 4.78 is 0. The molecule has 1 aliphatic carbocycles. The minimum atomic E-state index is -0.324. The minimum Gasteiger partial charge on any atom is -0.345 e. The Balaban J connectivity index is 1.51. The molecule has 1 fully saturated rings. The number of amides is 3. The van der Waals surface area contributed by atoms with Gasteiger partial charge in [-0.25, -0.2) is 0 Å². The minimum absolute atomic E-state index is 0.134. The highest BCUT2D eigenvalue weighted by molar-refractivity contribution is 6.21. The number of fused-ring (bicyclic) bond motifs is 1. The Hall–Kier alpha value is -2.99. The van der Waals surface area contributed by atoms with Crippen molar-refractivity contribution in [2.24, 2.45) is 5.73 Å². The molecule has 6 nitrogen and oxygen atoms in total. The lowest BCUT2D eigenvalue weighted by Crippen LogP contribution is -2.51. The van der Waals surface area contributed by atoms with Crippen LogP contribution >= 0.6 is 0 Å². The fraction of sp³-hybridized carbons (Fsp3) is 0.318. The van der Waals surface area contributed by atoms with E-state index >= 15 is 0 Å². The van der Waals surface area contributed by atoms with Gasteiger partial charge in [-0.05, 0) is 42.7 Å². The van der Waals surface area contributed by atoms with Crippen LogP contribution in [-0.2, 0) is 6.54 Å².